The molecule has 8 nitrogen and oxygen atoms in total. The molecule has 0 unspecified atom stereocenters. The van der Waals surface area contributed by atoms with Gasteiger partial charge >= 0.3 is 51.4 Å². The number of hydrogen-bond donors (Lipinski definition) is 0. The van der Waals surface area contributed by atoms with Crippen LogP contribution in [0.3, 0.4) is 0 Å². The molecule has 0 N–H and O–H groups in total. The van der Waals surface area contributed by atoms with E-state index in [0.29, 0.717) is 0 Å². The first-order valence-corrected chi connectivity index (χ1v) is 7.59. The van der Waals surface area contributed by atoms with Gasteiger partial charge in [-0.05, 0) is 24.3 Å². The van der Waals surface area contributed by atoms with Gasteiger partial charge in [0.15, 0.2) is 5.78 Å². The van der Waals surface area contributed by atoms with Gasteiger partial charge in [-0.2, -0.15) is 0 Å². The molecule has 24 heavy (non-hydrogen) atoms. The molecule has 0 saturated carbocycles. The molecule has 0 fully saturated rings. The monoisotopic (exact) mass is 371 g/mol. The first-order valence-electron chi connectivity index (χ1n) is 6.18. The fourth-order valence-electron chi connectivity index (χ4n) is 2.46. The van der Waals surface area contributed by atoms with E-state index in [1.165, 1.54) is 12.1 Å². The number of nitrogens with zero attached hydrogens (tertiary/aromatic N) is 1. The second kappa shape index (κ2) is 6.56. The maximum absolute atomic E-state index is 12.5. The van der Waals surface area contributed by atoms with E-state index in [2.05, 4.69) is 0 Å². The summed E-state index contributed by atoms with van der Waals surface area (Å²) in [5, 5.41) is 11.1. The molecule has 0 bridgehead atoms. The molecular weight excluding hydrogens is 365 g/mol. The van der Waals surface area contributed by atoms with Crippen molar-refractivity contribution >= 4 is 27.4 Å². The Morgan fingerprint density at radius 2 is 1.58 bits per heavy atom. The number of ketones is 2. The Kier molecular flexibility index (Phi) is 5.21. The molecule has 0 radical (unpaired) electrons. The van der Waals surface area contributed by atoms with Crippen LogP contribution in [0.15, 0.2) is 41.3 Å². The topological polar surface area (TPSA) is 134 Å². The van der Waals surface area contributed by atoms with Crippen molar-refractivity contribution in [3.8, 4) is 0 Å². The molecule has 0 spiro atoms. The van der Waals surface area contributed by atoms with E-state index in [-0.39, 0.29) is 68.1 Å². The van der Waals surface area contributed by atoms with Gasteiger partial charge in [0.25, 0.3) is 5.69 Å². The molecule has 10 heteroatoms. The number of benzene rings is 2. The minimum Gasteiger partial charge on any atom is -0.744 e. The van der Waals surface area contributed by atoms with Crippen molar-refractivity contribution in [2.45, 2.75) is 4.90 Å². The van der Waals surface area contributed by atoms with Crippen molar-refractivity contribution in [2.75, 3.05) is 0 Å². The molecule has 0 aromatic heterocycles. The number of carbonyl (C=O) groups is 2. The van der Waals surface area contributed by atoms with Gasteiger partial charge in [-0.3, -0.25) is 19.7 Å². The van der Waals surface area contributed by atoms with E-state index < -0.39 is 42.8 Å². The maximum atomic E-state index is 12.5. The Morgan fingerprint density at radius 3 is 2.17 bits per heavy atom. The number of hydrogen-bond acceptors (Lipinski definition) is 7. The van der Waals surface area contributed by atoms with Crippen molar-refractivity contribution in [2.24, 2.45) is 0 Å². The molecule has 0 atom stereocenters. The molecule has 1 aliphatic rings. The summed E-state index contributed by atoms with van der Waals surface area (Å²) >= 11 is 0. The quantitative estimate of drug-likeness (QED) is 0.226. The zero-order chi connectivity index (χ0) is 16.9. The fraction of sp³-hybridized carbons (Fsp3) is 0. The smallest absolute Gasteiger partial charge is 0.744 e. The van der Waals surface area contributed by atoms with Gasteiger partial charge in [0.05, 0.1) is 9.82 Å². The summed E-state index contributed by atoms with van der Waals surface area (Å²) < 4.78 is 33.2. The Hall–Kier alpha value is -1.27. The van der Waals surface area contributed by atoms with Crippen molar-refractivity contribution < 1.29 is 78.9 Å². The second-order valence-electron chi connectivity index (χ2n) is 4.78. The van der Waals surface area contributed by atoms with Crippen LogP contribution in [0, 0.1) is 10.1 Å². The summed E-state index contributed by atoms with van der Waals surface area (Å²) in [6, 6.07) is 6.39. The summed E-state index contributed by atoms with van der Waals surface area (Å²) in [6.07, 6.45) is 0. The van der Waals surface area contributed by atoms with Crippen LogP contribution in [0.4, 0.5) is 5.69 Å². The molecular formula is C14H6KNO7S. The molecule has 2 aromatic rings. The van der Waals surface area contributed by atoms with Crippen LogP contribution in [-0.4, -0.2) is 29.5 Å². The van der Waals surface area contributed by atoms with Crippen molar-refractivity contribution in [1.29, 1.82) is 0 Å². The van der Waals surface area contributed by atoms with Crippen LogP contribution in [0.1, 0.15) is 31.8 Å². The van der Waals surface area contributed by atoms with Gasteiger partial charge < -0.3 is 4.55 Å². The van der Waals surface area contributed by atoms with Gasteiger partial charge in [0, 0.05) is 22.8 Å². The molecule has 0 amide bonds. The fourth-order valence-corrected chi connectivity index (χ4v) is 2.96. The minimum absolute atomic E-state index is 0. The van der Waals surface area contributed by atoms with Crippen LogP contribution in [0.5, 0.6) is 0 Å². The van der Waals surface area contributed by atoms with Crippen molar-refractivity contribution in [3.63, 3.8) is 0 Å². The largest absolute Gasteiger partial charge is 1.00 e. The predicted octanol–water partition coefficient (Wildman–Crippen LogP) is -1.72. The average Bonchev–Trinajstić information content (AvgIpc) is 2.50. The van der Waals surface area contributed by atoms with Crippen LogP contribution >= 0.6 is 0 Å². The number of fused-ring (bicyclic) bond motifs is 2. The zero-order valence-corrected chi connectivity index (χ0v) is 16.1. The Balaban J connectivity index is 0.00000208. The van der Waals surface area contributed by atoms with E-state index in [9.17, 15) is 32.7 Å². The normalized spacial score (nSPS) is 12.9. The summed E-state index contributed by atoms with van der Waals surface area (Å²) in [5.74, 6) is -1.51. The SMILES string of the molecule is O=C1c2ccc(S(=O)(=O)[O-])cc2C(=O)c2c1cccc2[N+](=O)[O-].[K+]. The van der Waals surface area contributed by atoms with Gasteiger partial charge in [-0.15, -0.1) is 0 Å². The zero-order valence-electron chi connectivity index (χ0n) is 12.2. The van der Waals surface area contributed by atoms with Gasteiger partial charge in [-0.1, -0.05) is 6.07 Å². The molecule has 0 aliphatic heterocycles. The van der Waals surface area contributed by atoms with E-state index in [0.717, 1.165) is 24.3 Å². The average molecular weight is 371 g/mol. The predicted molar refractivity (Wildman–Crippen MR) is 74.4 cm³/mol. The third-order valence-corrected chi connectivity index (χ3v) is 4.31. The standard InChI is InChI=1S/C14H7NO7S.K/c16-13-8-5-4-7(23(20,21)22)6-10(8)14(17)12-9(13)2-1-3-11(12)15(18)19;/h1-6H,(H,20,21,22);/q;+1/p-1. The number of nitro groups is 1. The summed E-state index contributed by atoms with van der Waals surface area (Å²) in [6.45, 7) is 0. The second-order valence-corrected chi connectivity index (χ2v) is 6.16. The van der Waals surface area contributed by atoms with Crippen LogP contribution < -0.4 is 51.4 Å². The van der Waals surface area contributed by atoms with E-state index >= 15 is 0 Å². The van der Waals surface area contributed by atoms with Gasteiger partial charge in [0.1, 0.15) is 15.7 Å². The summed E-state index contributed by atoms with van der Waals surface area (Å²) in [4.78, 5) is 34.5. The Labute approximate surface area is 178 Å². The third-order valence-electron chi connectivity index (χ3n) is 3.48. The van der Waals surface area contributed by atoms with Gasteiger partial charge in [-0.25, -0.2) is 8.42 Å². The summed E-state index contributed by atoms with van der Waals surface area (Å²) in [7, 11) is -4.83. The molecule has 0 saturated heterocycles. The molecule has 3 rings (SSSR count). The number of carbonyl (C=O) groups excluding carboxylic acids is 2. The number of nitro benzene ring substituents is 1. The van der Waals surface area contributed by atoms with E-state index in [4.69, 9.17) is 0 Å². The third kappa shape index (κ3) is 3.01. The van der Waals surface area contributed by atoms with Crippen molar-refractivity contribution in [1.82, 2.24) is 0 Å². The van der Waals surface area contributed by atoms with E-state index in [1.807, 2.05) is 0 Å². The first kappa shape index (κ1) is 19.1. The Bertz CT molecular complexity index is 1010. The van der Waals surface area contributed by atoms with Crippen LogP contribution in [-0.2, 0) is 10.1 Å². The molecule has 116 valence electrons. The summed E-state index contributed by atoms with van der Waals surface area (Å²) in [5.41, 5.74) is -1.53. The first-order chi connectivity index (χ1) is 10.7. The van der Waals surface area contributed by atoms with Crippen molar-refractivity contribution in [3.05, 3.63) is 68.8 Å². The number of rotatable bonds is 2. The van der Waals surface area contributed by atoms with Crippen LogP contribution in [0.2, 0.25) is 0 Å². The minimum atomic E-state index is -4.83. The van der Waals surface area contributed by atoms with Gasteiger partial charge in [0.2, 0.25) is 5.78 Å². The molecule has 1 aliphatic carbocycles. The van der Waals surface area contributed by atoms with E-state index in [1.54, 1.807) is 0 Å². The Morgan fingerprint density at radius 1 is 0.917 bits per heavy atom. The molecule has 2 aromatic carbocycles. The van der Waals surface area contributed by atoms with Crippen LogP contribution in [0.25, 0.3) is 0 Å². The maximum Gasteiger partial charge on any atom is 1.00 e. The molecule has 0 heterocycles.